The highest BCUT2D eigenvalue weighted by Gasteiger charge is 2.35. The van der Waals surface area contributed by atoms with E-state index in [9.17, 15) is 14.4 Å². The highest BCUT2D eigenvalue weighted by molar-refractivity contribution is 7.14. The largest absolute Gasteiger partial charge is 0.460 e. The van der Waals surface area contributed by atoms with Gasteiger partial charge in [-0.05, 0) is 53.4 Å². The van der Waals surface area contributed by atoms with E-state index in [1.165, 1.54) is 11.3 Å². The zero-order chi connectivity index (χ0) is 21.9. The summed E-state index contributed by atoms with van der Waals surface area (Å²) in [5, 5.41) is 2.43. The molecule has 0 aromatic carbocycles. The van der Waals surface area contributed by atoms with Gasteiger partial charge >= 0.3 is 12.1 Å². The first-order chi connectivity index (χ1) is 14.1. The first kappa shape index (κ1) is 22.5. The molecule has 1 aromatic rings. The van der Waals surface area contributed by atoms with Crippen LogP contribution in [0.15, 0.2) is 5.38 Å². The molecular weight excluding hydrogens is 406 g/mol. The van der Waals surface area contributed by atoms with E-state index in [0.717, 1.165) is 25.7 Å². The molecule has 3 rings (SSSR count). The Morgan fingerprint density at radius 3 is 2.70 bits per heavy atom. The summed E-state index contributed by atoms with van der Waals surface area (Å²) in [4.78, 5) is 44.7. The van der Waals surface area contributed by atoms with Crippen molar-refractivity contribution in [3.63, 3.8) is 0 Å². The normalized spacial score (nSPS) is 20.9. The lowest BCUT2D eigenvalue weighted by Crippen LogP contribution is -2.51. The van der Waals surface area contributed by atoms with Gasteiger partial charge in [0.25, 0.3) is 0 Å². The molecule has 2 aliphatic rings. The summed E-state index contributed by atoms with van der Waals surface area (Å²) in [7, 11) is 0. The number of piperidine rings is 1. The van der Waals surface area contributed by atoms with Gasteiger partial charge in [-0.1, -0.05) is 0 Å². The topological polar surface area (TPSA) is 89.0 Å². The average Bonchev–Trinajstić information content (AvgIpc) is 3.28. The van der Waals surface area contributed by atoms with Gasteiger partial charge in [-0.25, -0.2) is 9.78 Å². The molecule has 8 nitrogen and oxygen atoms in total. The van der Waals surface area contributed by atoms with Crippen LogP contribution in [0.25, 0.3) is 0 Å². The van der Waals surface area contributed by atoms with E-state index in [2.05, 4.69) is 4.98 Å². The molecule has 0 saturated carbocycles. The number of aromatic nitrogens is 1. The Balaban J connectivity index is 1.57. The fraction of sp³-hybridized carbons (Fsp3) is 0.714. The Hall–Kier alpha value is -2.16. The molecule has 3 heterocycles. The zero-order valence-electron chi connectivity index (χ0n) is 18.2. The summed E-state index contributed by atoms with van der Waals surface area (Å²) in [5.74, 6) is -0.312. The molecule has 0 radical (unpaired) electrons. The molecule has 0 N–H and O–H groups in total. The molecular formula is C21H31N3O5S. The van der Waals surface area contributed by atoms with Gasteiger partial charge in [-0.2, -0.15) is 0 Å². The van der Waals surface area contributed by atoms with Gasteiger partial charge in [0.05, 0.1) is 18.2 Å². The minimum absolute atomic E-state index is 0.0437. The minimum Gasteiger partial charge on any atom is -0.460 e. The zero-order valence-corrected chi connectivity index (χ0v) is 19.0. The Bertz CT molecular complexity index is 788. The van der Waals surface area contributed by atoms with Crippen LogP contribution in [0.3, 0.4) is 0 Å². The Morgan fingerprint density at radius 1 is 1.27 bits per heavy atom. The van der Waals surface area contributed by atoms with Gasteiger partial charge in [0.15, 0.2) is 5.13 Å². The molecule has 9 heteroatoms. The first-order valence-corrected chi connectivity index (χ1v) is 11.5. The maximum absolute atomic E-state index is 12.6. The number of ether oxygens (including phenoxy) is 2. The van der Waals surface area contributed by atoms with E-state index >= 15 is 0 Å². The van der Waals surface area contributed by atoms with Gasteiger partial charge in [0.1, 0.15) is 11.7 Å². The average molecular weight is 438 g/mol. The van der Waals surface area contributed by atoms with E-state index in [0.29, 0.717) is 30.3 Å². The highest BCUT2D eigenvalue weighted by atomic mass is 32.1. The van der Waals surface area contributed by atoms with Crippen LogP contribution in [0.4, 0.5) is 9.93 Å². The Labute approximate surface area is 181 Å². The van der Waals surface area contributed by atoms with Crippen molar-refractivity contribution < 1.29 is 23.9 Å². The Kier molecular flexibility index (Phi) is 7.00. The van der Waals surface area contributed by atoms with Gasteiger partial charge in [-0.15, -0.1) is 11.3 Å². The summed E-state index contributed by atoms with van der Waals surface area (Å²) < 4.78 is 11.2. The van der Waals surface area contributed by atoms with Crippen molar-refractivity contribution in [2.24, 2.45) is 0 Å². The predicted octanol–water partition coefficient (Wildman–Crippen LogP) is 3.53. The second-order valence-electron chi connectivity index (χ2n) is 8.88. The van der Waals surface area contributed by atoms with Crippen LogP contribution < -0.4 is 4.90 Å². The number of esters is 1. The Morgan fingerprint density at radius 2 is 2.03 bits per heavy atom. The smallest absolute Gasteiger partial charge is 0.410 e. The monoisotopic (exact) mass is 437 g/mol. The molecule has 0 spiro atoms. The molecule has 1 aromatic heterocycles. The minimum atomic E-state index is -0.571. The summed E-state index contributed by atoms with van der Waals surface area (Å²) in [5.41, 5.74) is 0.0254. The lowest BCUT2D eigenvalue weighted by Gasteiger charge is -2.39. The molecule has 0 unspecified atom stereocenters. The van der Waals surface area contributed by atoms with Crippen molar-refractivity contribution in [1.82, 2.24) is 9.88 Å². The molecule has 166 valence electrons. The lowest BCUT2D eigenvalue weighted by molar-refractivity contribution is -0.151. The fourth-order valence-electron chi connectivity index (χ4n) is 3.82. The van der Waals surface area contributed by atoms with Crippen molar-refractivity contribution in [3.05, 3.63) is 11.1 Å². The number of anilines is 1. The number of carbonyl (C=O) groups excluding carboxylic acids is 3. The maximum Gasteiger partial charge on any atom is 0.410 e. The summed E-state index contributed by atoms with van der Waals surface area (Å²) in [6.45, 7) is 8.61. The molecule has 2 saturated heterocycles. The standard InChI is InChI=1S/C21H31N3O5S/c1-14(16-8-5-6-10-23(16)20(27)29-21(2,3)4)28-18(26)12-15-13-30-19(22-15)24-11-7-9-17(24)25/h13-14,16H,5-12H2,1-4H3/t14-,16-/m0/s1. The molecule has 2 atom stereocenters. The van der Waals surface area contributed by atoms with Crippen LogP contribution in [-0.4, -0.2) is 58.7 Å². The van der Waals surface area contributed by atoms with Crippen LogP contribution >= 0.6 is 11.3 Å². The van der Waals surface area contributed by atoms with Crippen LogP contribution in [0.1, 0.15) is 65.5 Å². The summed E-state index contributed by atoms with van der Waals surface area (Å²) in [6, 6.07) is -0.203. The third-order valence-electron chi connectivity index (χ3n) is 5.21. The van der Waals surface area contributed by atoms with E-state index in [4.69, 9.17) is 9.47 Å². The molecule has 0 bridgehead atoms. The van der Waals surface area contributed by atoms with E-state index < -0.39 is 11.7 Å². The third-order valence-corrected chi connectivity index (χ3v) is 6.12. The van der Waals surface area contributed by atoms with Crippen molar-refractivity contribution in [1.29, 1.82) is 0 Å². The first-order valence-electron chi connectivity index (χ1n) is 10.6. The van der Waals surface area contributed by atoms with Gasteiger partial charge in [-0.3, -0.25) is 14.5 Å². The number of hydrogen-bond donors (Lipinski definition) is 0. The van der Waals surface area contributed by atoms with Gasteiger partial charge < -0.3 is 14.4 Å². The second-order valence-corrected chi connectivity index (χ2v) is 9.72. The van der Waals surface area contributed by atoms with Gasteiger partial charge in [0, 0.05) is 24.9 Å². The van der Waals surface area contributed by atoms with Gasteiger partial charge in [0.2, 0.25) is 5.91 Å². The quantitative estimate of drug-likeness (QED) is 0.655. The van der Waals surface area contributed by atoms with Crippen LogP contribution in [-0.2, 0) is 25.5 Å². The number of nitrogens with zero attached hydrogens (tertiary/aromatic N) is 3. The van der Waals surface area contributed by atoms with E-state index in [-0.39, 0.29) is 30.4 Å². The highest BCUT2D eigenvalue weighted by Crippen LogP contribution is 2.27. The molecule has 2 aliphatic heterocycles. The molecule has 30 heavy (non-hydrogen) atoms. The second kappa shape index (κ2) is 9.32. The maximum atomic E-state index is 12.6. The number of amides is 2. The van der Waals surface area contributed by atoms with Crippen molar-refractivity contribution in [2.45, 2.75) is 84.0 Å². The van der Waals surface area contributed by atoms with Crippen molar-refractivity contribution in [3.8, 4) is 0 Å². The lowest BCUT2D eigenvalue weighted by atomic mass is 9.98. The van der Waals surface area contributed by atoms with E-state index in [1.54, 1.807) is 15.2 Å². The number of rotatable bonds is 5. The summed E-state index contributed by atoms with van der Waals surface area (Å²) >= 11 is 1.37. The molecule has 0 aliphatic carbocycles. The predicted molar refractivity (Wildman–Crippen MR) is 114 cm³/mol. The summed E-state index contributed by atoms with van der Waals surface area (Å²) in [6.07, 6.45) is 3.27. The van der Waals surface area contributed by atoms with Crippen LogP contribution in [0, 0.1) is 0 Å². The van der Waals surface area contributed by atoms with Crippen molar-refractivity contribution in [2.75, 3.05) is 18.0 Å². The fourth-order valence-corrected chi connectivity index (χ4v) is 4.69. The number of carbonyl (C=O) groups is 3. The molecule has 2 amide bonds. The van der Waals surface area contributed by atoms with Crippen LogP contribution in [0.5, 0.6) is 0 Å². The third kappa shape index (κ3) is 5.71. The number of thiazole rings is 1. The van der Waals surface area contributed by atoms with Crippen molar-refractivity contribution >= 4 is 34.4 Å². The van der Waals surface area contributed by atoms with E-state index in [1.807, 2.05) is 27.7 Å². The number of likely N-dealkylation sites (tertiary alicyclic amines) is 1. The SMILES string of the molecule is C[C@H](OC(=O)Cc1csc(N2CCCC2=O)n1)[C@@H]1CCCCN1C(=O)OC(C)(C)C. The molecule has 2 fully saturated rings. The number of hydrogen-bond acceptors (Lipinski definition) is 7. The van der Waals surface area contributed by atoms with Crippen LogP contribution in [0.2, 0.25) is 0 Å².